The molecule has 5 nitrogen and oxygen atoms in total. The summed E-state index contributed by atoms with van der Waals surface area (Å²) in [5.41, 5.74) is -0.988. The minimum atomic E-state index is -0.988. The van der Waals surface area contributed by atoms with E-state index >= 15 is 0 Å². The number of rotatable bonds is 2. The van der Waals surface area contributed by atoms with Crippen LogP contribution in [0, 0.1) is 0 Å². The number of carbonyl (C=O) groups is 1. The van der Waals surface area contributed by atoms with Gasteiger partial charge in [-0.15, -0.1) is 0 Å². The molecule has 5 heteroatoms. The van der Waals surface area contributed by atoms with E-state index in [-0.39, 0.29) is 12.6 Å². The van der Waals surface area contributed by atoms with E-state index in [1.54, 1.807) is 18.4 Å². The summed E-state index contributed by atoms with van der Waals surface area (Å²) in [6, 6.07) is 0.0998. The number of dihydropyridines is 1. The Morgan fingerprint density at radius 2 is 2.50 bits per heavy atom. The van der Waals surface area contributed by atoms with Crippen molar-refractivity contribution in [3.05, 3.63) is 12.2 Å². The van der Waals surface area contributed by atoms with Crippen LogP contribution in [0.1, 0.15) is 6.92 Å². The Hall–Kier alpha value is -1.20. The first-order valence-corrected chi connectivity index (χ1v) is 5.42. The molecule has 0 aromatic rings. The van der Waals surface area contributed by atoms with Gasteiger partial charge in [0.2, 0.25) is 0 Å². The van der Waals surface area contributed by atoms with Crippen LogP contribution in [-0.4, -0.2) is 60.1 Å². The van der Waals surface area contributed by atoms with Crippen molar-refractivity contribution in [1.82, 2.24) is 4.90 Å². The van der Waals surface area contributed by atoms with Crippen molar-refractivity contribution in [1.29, 1.82) is 0 Å². The first kappa shape index (κ1) is 11.3. The predicted octanol–water partition coefficient (Wildman–Crippen LogP) is 0.171. The van der Waals surface area contributed by atoms with E-state index in [1.165, 1.54) is 0 Å². The molecule has 0 spiro atoms. The standard InChI is InChI=1S/C11H16N2O3/c1-9-7-16-6-5-13(9)11(10(14)15)3-2-4-12-8-11/h2-4,9H,5-8H2,1H3,(H,14,15)/t9-,11?/m1/s1. The molecule has 0 amide bonds. The third-order valence-electron chi connectivity index (χ3n) is 3.15. The van der Waals surface area contributed by atoms with Crippen LogP contribution in [0.15, 0.2) is 17.1 Å². The average molecular weight is 224 g/mol. The Morgan fingerprint density at radius 3 is 3.06 bits per heavy atom. The third kappa shape index (κ3) is 1.76. The highest BCUT2D eigenvalue weighted by molar-refractivity contribution is 5.86. The van der Waals surface area contributed by atoms with Crippen molar-refractivity contribution < 1.29 is 14.6 Å². The van der Waals surface area contributed by atoms with E-state index in [2.05, 4.69) is 4.99 Å². The van der Waals surface area contributed by atoms with Crippen LogP contribution in [0.3, 0.4) is 0 Å². The second-order valence-corrected chi connectivity index (χ2v) is 4.20. The highest BCUT2D eigenvalue weighted by atomic mass is 16.5. The number of nitrogens with zero attached hydrogens (tertiary/aromatic N) is 2. The zero-order valence-electron chi connectivity index (χ0n) is 9.30. The van der Waals surface area contributed by atoms with Crippen molar-refractivity contribution in [2.75, 3.05) is 26.3 Å². The molecule has 88 valence electrons. The summed E-state index contributed by atoms with van der Waals surface area (Å²) in [5, 5.41) is 9.45. The Kier molecular flexibility index (Phi) is 3.07. The van der Waals surface area contributed by atoms with Crippen LogP contribution < -0.4 is 0 Å². The number of carboxylic acids is 1. The van der Waals surface area contributed by atoms with Gasteiger partial charge < -0.3 is 9.84 Å². The maximum absolute atomic E-state index is 11.5. The quantitative estimate of drug-likeness (QED) is 0.726. The van der Waals surface area contributed by atoms with Gasteiger partial charge in [-0.05, 0) is 19.1 Å². The van der Waals surface area contributed by atoms with Crippen LogP contribution >= 0.6 is 0 Å². The second-order valence-electron chi connectivity index (χ2n) is 4.20. The second kappa shape index (κ2) is 4.35. The zero-order chi connectivity index (χ0) is 11.6. The molecule has 0 aromatic heterocycles. The lowest BCUT2D eigenvalue weighted by Crippen LogP contribution is -2.62. The summed E-state index contributed by atoms with van der Waals surface area (Å²) in [6.07, 6.45) is 5.08. The minimum Gasteiger partial charge on any atom is -0.480 e. The maximum Gasteiger partial charge on any atom is 0.330 e. The molecule has 1 unspecified atom stereocenters. The highest BCUT2D eigenvalue weighted by Crippen LogP contribution is 2.25. The van der Waals surface area contributed by atoms with Gasteiger partial charge in [0.05, 0.1) is 19.8 Å². The molecule has 2 rings (SSSR count). The first-order chi connectivity index (χ1) is 7.67. The molecular weight excluding hydrogens is 208 g/mol. The number of aliphatic carboxylic acids is 1. The molecular formula is C11H16N2O3. The summed E-state index contributed by atoms with van der Waals surface area (Å²) in [5.74, 6) is -0.839. The summed E-state index contributed by atoms with van der Waals surface area (Å²) < 4.78 is 5.33. The van der Waals surface area contributed by atoms with Gasteiger partial charge >= 0.3 is 5.97 Å². The fraction of sp³-hybridized carbons (Fsp3) is 0.636. The lowest BCUT2D eigenvalue weighted by atomic mass is 9.93. The van der Waals surface area contributed by atoms with Crippen LogP contribution in [0.2, 0.25) is 0 Å². The predicted molar refractivity (Wildman–Crippen MR) is 59.9 cm³/mol. The van der Waals surface area contributed by atoms with E-state index in [4.69, 9.17) is 4.74 Å². The first-order valence-electron chi connectivity index (χ1n) is 5.42. The van der Waals surface area contributed by atoms with Gasteiger partial charge in [0.1, 0.15) is 0 Å². The molecule has 16 heavy (non-hydrogen) atoms. The molecule has 0 aliphatic carbocycles. The highest BCUT2D eigenvalue weighted by Gasteiger charge is 2.45. The number of morpholine rings is 1. The third-order valence-corrected chi connectivity index (χ3v) is 3.15. The lowest BCUT2D eigenvalue weighted by molar-refractivity contribution is -0.153. The summed E-state index contributed by atoms with van der Waals surface area (Å²) in [7, 11) is 0. The molecule has 0 bridgehead atoms. The maximum atomic E-state index is 11.5. The molecule has 0 saturated carbocycles. The van der Waals surface area contributed by atoms with Crippen molar-refractivity contribution in [3.8, 4) is 0 Å². The van der Waals surface area contributed by atoms with Crippen molar-refractivity contribution in [2.45, 2.75) is 18.5 Å². The normalized spacial score (nSPS) is 35.2. The van der Waals surface area contributed by atoms with Crippen LogP contribution in [-0.2, 0) is 9.53 Å². The zero-order valence-corrected chi connectivity index (χ0v) is 9.30. The monoisotopic (exact) mass is 224 g/mol. The summed E-state index contributed by atoms with van der Waals surface area (Å²) in [4.78, 5) is 17.6. The molecule has 2 aliphatic rings. The number of aliphatic imine (C=N–C) groups is 1. The van der Waals surface area contributed by atoms with E-state index in [1.807, 2.05) is 11.8 Å². The minimum absolute atomic E-state index is 0.0998. The van der Waals surface area contributed by atoms with Gasteiger partial charge in [-0.2, -0.15) is 0 Å². The van der Waals surface area contributed by atoms with E-state index in [0.29, 0.717) is 19.8 Å². The van der Waals surface area contributed by atoms with Gasteiger partial charge in [0.25, 0.3) is 0 Å². The average Bonchev–Trinajstić information content (AvgIpc) is 2.30. The Morgan fingerprint density at radius 1 is 1.69 bits per heavy atom. The van der Waals surface area contributed by atoms with Crippen molar-refractivity contribution in [2.24, 2.45) is 4.99 Å². The van der Waals surface area contributed by atoms with Crippen molar-refractivity contribution >= 4 is 12.2 Å². The van der Waals surface area contributed by atoms with E-state index in [9.17, 15) is 9.90 Å². The van der Waals surface area contributed by atoms with Crippen LogP contribution in [0.25, 0.3) is 0 Å². The number of hydrogen-bond acceptors (Lipinski definition) is 4. The van der Waals surface area contributed by atoms with Crippen LogP contribution in [0.5, 0.6) is 0 Å². The molecule has 1 fully saturated rings. The number of allylic oxidation sites excluding steroid dienone is 1. The lowest BCUT2D eigenvalue weighted by Gasteiger charge is -2.44. The fourth-order valence-corrected chi connectivity index (χ4v) is 2.28. The number of carboxylic acid groups (broad SMARTS) is 1. The smallest absolute Gasteiger partial charge is 0.330 e. The van der Waals surface area contributed by atoms with Gasteiger partial charge in [0.15, 0.2) is 5.54 Å². The van der Waals surface area contributed by atoms with Gasteiger partial charge in [-0.25, -0.2) is 4.79 Å². The van der Waals surface area contributed by atoms with Crippen LogP contribution in [0.4, 0.5) is 0 Å². The van der Waals surface area contributed by atoms with Gasteiger partial charge in [0, 0.05) is 18.8 Å². The molecule has 1 saturated heterocycles. The Labute approximate surface area is 94.4 Å². The molecule has 1 N–H and O–H groups in total. The molecule has 0 radical (unpaired) electrons. The topological polar surface area (TPSA) is 62.1 Å². The Bertz CT molecular complexity index is 340. The fourth-order valence-electron chi connectivity index (χ4n) is 2.28. The van der Waals surface area contributed by atoms with Crippen molar-refractivity contribution in [3.63, 3.8) is 0 Å². The SMILES string of the molecule is C[C@@H]1COCCN1C1(C(=O)O)C=CC=NC1. The van der Waals surface area contributed by atoms with E-state index < -0.39 is 11.5 Å². The number of ether oxygens (including phenoxy) is 1. The number of hydrogen-bond donors (Lipinski definition) is 1. The molecule has 2 heterocycles. The Balaban J connectivity index is 2.28. The largest absolute Gasteiger partial charge is 0.480 e. The molecule has 2 atom stereocenters. The van der Waals surface area contributed by atoms with Gasteiger partial charge in [-0.3, -0.25) is 9.89 Å². The van der Waals surface area contributed by atoms with E-state index in [0.717, 1.165) is 0 Å². The molecule has 2 aliphatic heterocycles. The molecule has 0 aromatic carbocycles. The summed E-state index contributed by atoms with van der Waals surface area (Å²) in [6.45, 7) is 4.05. The summed E-state index contributed by atoms with van der Waals surface area (Å²) >= 11 is 0. The van der Waals surface area contributed by atoms with Gasteiger partial charge in [-0.1, -0.05) is 0 Å².